The Morgan fingerprint density at radius 1 is 1.42 bits per heavy atom. The summed E-state index contributed by atoms with van der Waals surface area (Å²) >= 11 is 0. The first kappa shape index (κ1) is 15.6. The molecule has 1 rings (SSSR count). The molecule has 1 aromatic carbocycles. The molecule has 0 heterocycles. The molecule has 0 aliphatic heterocycles. The molecule has 0 radical (unpaired) electrons. The molecule has 19 heavy (non-hydrogen) atoms. The lowest BCUT2D eigenvalue weighted by Crippen LogP contribution is -2.41. The van der Waals surface area contributed by atoms with Crippen molar-refractivity contribution >= 4 is 10.0 Å². The fourth-order valence-corrected chi connectivity index (χ4v) is 3.72. The Labute approximate surface area is 114 Å². The predicted octanol–water partition coefficient (Wildman–Crippen LogP) is 1.60. The highest BCUT2D eigenvalue weighted by atomic mass is 32.2. The third-order valence-electron chi connectivity index (χ3n) is 2.81. The maximum absolute atomic E-state index is 12.6. The van der Waals surface area contributed by atoms with E-state index in [-0.39, 0.29) is 16.5 Å². The molecule has 6 heteroatoms. The number of nitriles is 1. The molecule has 0 spiro atoms. The summed E-state index contributed by atoms with van der Waals surface area (Å²) in [5.74, 6) is 0. The highest BCUT2D eigenvalue weighted by Gasteiger charge is 2.29. The minimum absolute atomic E-state index is 0.0438. The van der Waals surface area contributed by atoms with Crippen molar-refractivity contribution in [2.24, 2.45) is 0 Å². The quantitative estimate of drug-likeness (QED) is 0.794. The largest absolute Gasteiger partial charge is 0.383 e. The summed E-state index contributed by atoms with van der Waals surface area (Å²) < 4.78 is 31.5. The van der Waals surface area contributed by atoms with Gasteiger partial charge in [0.05, 0.1) is 17.1 Å². The van der Waals surface area contributed by atoms with Gasteiger partial charge in [-0.05, 0) is 19.1 Å². The first-order chi connectivity index (χ1) is 8.98. The second kappa shape index (κ2) is 6.66. The molecule has 1 unspecified atom stereocenters. The number of benzene rings is 1. The zero-order valence-electron chi connectivity index (χ0n) is 11.3. The molecule has 0 N–H and O–H groups in total. The monoisotopic (exact) mass is 282 g/mol. The van der Waals surface area contributed by atoms with Crippen LogP contribution in [0.2, 0.25) is 0 Å². The van der Waals surface area contributed by atoms with Crippen LogP contribution in [0.3, 0.4) is 0 Å². The zero-order chi connectivity index (χ0) is 14.5. The van der Waals surface area contributed by atoms with E-state index in [1.165, 1.54) is 23.5 Å². The van der Waals surface area contributed by atoms with Crippen LogP contribution in [0.1, 0.15) is 19.4 Å². The van der Waals surface area contributed by atoms with Crippen molar-refractivity contribution in [3.8, 4) is 6.07 Å². The molecule has 0 amide bonds. The molecule has 0 aliphatic carbocycles. The Hall–Kier alpha value is -1.42. The van der Waals surface area contributed by atoms with Gasteiger partial charge in [-0.3, -0.25) is 0 Å². The van der Waals surface area contributed by atoms with Gasteiger partial charge in [0, 0.05) is 19.7 Å². The van der Waals surface area contributed by atoms with Gasteiger partial charge in [-0.15, -0.1) is 0 Å². The fraction of sp³-hybridized carbons (Fsp3) is 0.462. The average Bonchev–Trinajstić information content (AvgIpc) is 2.39. The van der Waals surface area contributed by atoms with Crippen molar-refractivity contribution in [2.75, 3.05) is 20.3 Å². The molecular weight excluding hydrogens is 264 g/mol. The maximum Gasteiger partial charge on any atom is 0.244 e. The van der Waals surface area contributed by atoms with Gasteiger partial charge in [-0.1, -0.05) is 19.1 Å². The van der Waals surface area contributed by atoms with Gasteiger partial charge < -0.3 is 4.74 Å². The van der Waals surface area contributed by atoms with Crippen LogP contribution in [-0.2, 0) is 14.8 Å². The highest BCUT2D eigenvalue weighted by Crippen LogP contribution is 2.21. The van der Waals surface area contributed by atoms with Gasteiger partial charge in [0.2, 0.25) is 10.0 Å². The van der Waals surface area contributed by atoms with Crippen molar-refractivity contribution in [1.82, 2.24) is 4.31 Å². The van der Waals surface area contributed by atoms with Crippen LogP contribution in [0.4, 0.5) is 0 Å². The van der Waals surface area contributed by atoms with Gasteiger partial charge in [-0.2, -0.15) is 9.57 Å². The molecule has 5 nitrogen and oxygen atoms in total. The normalized spacial score (nSPS) is 13.2. The fourth-order valence-electron chi connectivity index (χ4n) is 1.95. The number of nitrogens with zero attached hydrogens (tertiary/aromatic N) is 2. The standard InChI is InChI=1S/C13H18N2O3S/c1-4-15(11(2)10-18-3)19(16,17)13-8-6-5-7-12(13)9-14/h5-8,11H,4,10H2,1-3H3. The van der Waals surface area contributed by atoms with Crippen LogP contribution in [0.25, 0.3) is 0 Å². The number of likely N-dealkylation sites (N-methyl/N-ethyl adjacent to an activating group) is 1. The van der Waals surface area contributed by atoms with Crippen LogP contribution in [0, 0.1) is 11.3 Å². The van der Waals surface area contributed by atoms with Crippen molar-refractivity contribution < 1.29 is 13.2 Å². The molecule has 1 atom stereocenters. The Morgan fingerprint density at radius 3 is 2.58 bits per heavy atom. The highest BCUT2D eigenvalue weighted by molar-refractivity contribution is 7.89. The van der Waals surface area contributed by atoms with Crippen molar-refractivity contribution in [3.05, 3.63) is 29.8 Å². The topological polar surface area (TPSA) is 70.4 Å². The van der Waals surface area contributed by atoms with E-state index in [1.807, 2.05) is 6.07 Å². The van der Waals surface area contributed by atoms with Crippen LogP contribution in [0.5, 0.6) is 0 Å². The molecule has 0 fully saturated rings. The number of hydrogen-bond donors (Lipinski definition) is 0. The van der Waals surface area contributed by atoms with E-state index >= 15 is 0 Å². The Kier molecular flexibility index (Phi) is 5.48. The van der Waals surface area contributed by atoms with Crippen LogP contribution in [0.15, 0.2) is 29.2 Å². The van der Waals surface area contributed by atoms with E-state index in [0.717, 1.165) is 0 Å². The molecular formula is C13H18N2O3S. The van der Waals surface area contributed by atoms with Crippen LogP contribution < -0.4 is 0 Å². The summed E-state index contributed by atoms with van der Waals surface area (Å²) in [7, 11) is -2.16. The molecule has 1 aromatic rings. The number of methoxy groups -OCH3 is 1. The number of hydrogen-bond acceptors (Lipinski definition) is 4. The minimum atomic E-state index is -3.68. The third-order valence-corrected chi connectivity index (χ3v) is 4.95. The first-order valence-corrected chi connectivity index (χ1v) is 7.43. The van der Waals surface area contributed by atoms with Crippen LogP contribution in [-0.4, -0.2) is 39.0 Å². The van der Waals surface area contributed by atoms with Gasteiger partial charge in [-0.25, -0.2) is 8.42 Å². The number of rotatable bonds is 6. The van der Waals surface area contributed by atoms with Crippen molar-refractivity contribution in [1.29, 1.82) is 5.26 Å². The molecule has 104 valence electrons. The SMILES string of the molecule is CCN(C(C)COC)S(=O)(=O)c1ccccc1C#N. The summed E-state index contributed by atoms with van der Waals surface area (Å²) in [6, 6.07) is 7.84. The Balaban J connectivity index is 3.25. The molecule has 0 aliphatic rings. The number of sulfonamides is 1. The van der Waals surface area contributed by atoms with Gasteiger partial charge in [0.15, 0.2) is 0 Å². The van der Waals surface area contributed by atoms with E-state index < -0.39 is 10.0 Å². The van der Waals surface area contributed by atoms with E-state index in [1.54, 1.807) is 26.0 Å². The van der Waals surface area contributed by atoms with E-state index in [9.17, 15) is 8.42 Å². The summed E-state index contributed by atoms with van der Waals surface area (Å²) in [5.41, 5.74) is 0.158. The molecule has 0 saturated heterocycles. The molecule has 0 bridgehead atoms. The predicted molar refractivity (Wildman–Crippen MR) is 72.1 cm³/mol. The third kappa shape index (κ3) is 3.32. The first-order valence-electron chi connectivity index (χ1n) is 5.99. The Morgan fingerprint density at radius 2 is 2.05 bits per heavy atom. The second-order valence-electron chi connectivity index (χ2n) is 4.12. The summed E-state index contributed by atoms with van der Waals surface area (Å²) in [6.45, 7) is 4.17. The average molecular weight is 282 g/mol. The second-order valence-corrected chi connectivity index (χ2v) is 5.98. The lowest BCUT2D eigenvalue weighted by Gasteiger charge is -2.26. The zero-order valence-corrected chi connectivity index (χ0v) is 12.1. The minimum Gasteiger partial charge on any atom is -0.383 e. The van der Waals surface area contributed by atoms with Crippen molar-refractivity contribution in [2.45, 2.75) is 24.8 Å². The lowest BCUT2D eigenvalue weighted by molar-refractivity contribution is 0.142. The Bertz CT molecular complexity index is 563. The van der Waals surface area contributed by atoms with Gasteiger partial charge in [0.1, 0.15) is 6.07 Å². The summed E-state index contributed by atoms with van der Waals surface area (Å²) in [5, 5.41) is 9.02. The number of ether oxygens (including phenoxy) is 1. The van der Waals surface area contributed by atoms with E-state index in [4.69, 9.17) is 10.00 Å². The lowest BCUT2D eigenvalue weighted by atomic mass is 10.2. The van der Waals surface area contributed by atoms with Gasteiger partial charge in [0.25, 0.3) is 0 Å². The van der Waals surface area contributed by atoms with E-state index in [0.29, 0.717) is 13.2 Å². The summed E-state index contributed by atoms with van der Waals surface area (Å²) in [4.78, 5) is 0.0438. The van der Waals surface area contributed by atoms with Gasteiger partial charge >= 0.3 is 0 Å². The molecule has 0 aromatic heterocycles. The molecule has 0 saturated carbocycles. The van der Waals surface area contributed by atoms with E-state index in [2.05, 4.69) is 0 Å². The van der Waals surface area contributed by atoms with Crippen molar-refractivity contribution in [3.63, 3.8) is 0 Å². The summed E-state index contributed by atoms with van der Waals surface area (Å²) in [6.07, 6.45) is 0. The maximum atomic E-state index is 12.6. The van der Waals surface area contributed by atoms with Crippen LogP contribution >= 0.6 is 0 Å². The smallest absolute Gasteiger partial charge is 0.244 e.